The van der Waals surface area contributed by atoms with Crippen LogP contribution in [0, 0.1) is 0 Å². The van der Waals surface area contributed by atoms with Crippen LogP contribution in [0.15, 0.2) is 33.9 Å². The molecule has 0 aliphatic rings. The summed E-state index contributed by atoms with van der Waals surface area (Å²) in [7, 11) is 0. The summed E-state index contributed by atoms with van der Waals surface area (Å²) in [5, 5.41) is 8.29. The van der Waals surface area contributed by atoms with Crippen LogP contribution in [0.25, 0.3) is 0 Å². The molecular formula is C13H16BrN3O3. The molecule has 0 saturated heterocycles. The third-order valence-electron chi connectivity index (χ3n) is 2.13. The molecule has 6 nitrogen and oxygen atoms in total. The van der Waals surface area contributed by atoms with Crippen molar-refractivity contribution in [1.82, 2.24) is 10.6 Å². The van der Waals surface area contributed by atoms with Crippen LogP contribution in [-0.2, 0) is 9.63 Å². The first-order valence-corrected chi connectivity index (χ1v) is 6.89. The minimum absolute atomic E-state index is 0.313. The number of urea groups is 1. The molecule has 0 unspecified atom stereocenters. The van der Waals surface area contributed by atoms with Crippen molar-refractivity contribution in [1.29, 1.82) is 0 Å². The number of imide groups is 1. The van der Waals surface area contributed by atoms with Gasteiger partial charge in [0.15, 0.2) is 6.61 Å². The number of oxime groups is 1. The number of amides is 3. The molecule has 0 fully saturated rings. The van der Waals surface area contributed by atoms with Gasteiger partial charge in [0.25, 0.3) is 5.91 Å². The minimum atomic E-state index is -0.549. The minimum Gasteiger partial charge on any atom is -0.386 e. The zero-order chi connectivity index (χ0) is 14.8. The second-order valence-electron chi connectivity index (χ2n) is 3.86. The Morgan fingerprint density at radius 1 is 1.35 bits per heavy atom. The normalized spacial score (nSPS) is 10.3. The molecule has 108 valence electrons. The lowest BCUT2D eigenvalue weighted by atomic mass is 10.2. The van der Waals surface area contributed by atoms with Gasteiger partial charge in [0.05, 0.1) is 6.21 Å². The SMILES string of the molecule is CCCNC(=O)NC(=O)CO/N=C\c1ccc(Br)cc1. The van der Waals surface area contributed by atoms with E-state index in [4.69, 9.17) is 4.84 Å². The number of hydrogen-bond donors (Lipinski definition) is 2. The Hall–Kier alpha value is -1.89. The maximum absolute atomic E-state index is 11.3. The van der Waals surface area contributed by atoms with Gasteiger partial charge in [0.2, 0.25) is 0 Å². The van der Waals surface area contributed by atoms with Gasteiger partial charge in [-0.2, -0.15) is 0 Å². The average Bonchev–Trinajstić information content (AvgIpc) is 2.43. The van der Waals surface area contributed by atoms with E-state index in [-0.39, 0.29) is 6.61 Å². The van der Waals surface area contributed by atoms with Crippen molar-refractivity contribution in [2.24, 2.45) is 5.16 Å². The van der Waals surface area contributed by atoms with Crippen LogP contribution in [0.5, 0.6) is 0 Å². The van der Waals surface area contributed by atoms with Crippen LogP contribution in [0.2, 0.25) is 0 Å². The zero-order valence-electron chi connectivity index (χ0n) is 11.1. The van der Waals surface area contributed by atoms with Crippen LogP contribution in [-0.4, -0.2) is 31.3 Å². The average molecular weight is 342 g/mol. The van der Waals surface area contributed by atoms with E-state index in [9.17, 15) is 9.59 Å². The van der Waals surface area contributed by atoms with Crippen molar-refractivity contribution in [2.75, 3.05) is 13.2 Å². The van der Waals surface area contributed by atoms with E-state index >= 15 is 0 Å². The molecule has 3 amide bonds. The Balaban J connectivity index is 2.24. The summed E-state index contributed by atoms with van der Waals surface area (Å²) >= 11 is 3.32. The summed E-state index contributed by atoms with van der Waals surface area (Å²) in [5.41, 5.74) is 0.842. The Morgan fingerprint density at radius 3 is 2.70 bits per heavy atom. The van der Waals surface area contributed by atoms with E-state index in [1.165, 1.54) is 6.21 Å². The second kappa shape index (κ2) is 9.08. The van der Waals surface area contributed by atoms with Gasteiger partial charge < -0.3 is 10.2 Å². The van der Waals surface area contributed by atoms with Gasteiger partial charge in [0.1, 0.15) is 0 Å². The molecular weight excluding hydrogens is 326 g/mol. The number of carbonyl (C=O) groups is 2. The van der Waals surface area contributed by atoms with Gasteiger partial charge in [-0.05, 0) is 24.1 Å². The first-order valence-electron chi connectivity index (χ1n) is 6.10. The third kappa shape index (κ3) is 6.89. The molecule has 0 radical (unpaired) electrons. The van der Waals surface area contributed by atoms with Crippen LogP contribution < -0.4 is 10.6 Å². The van der Waals surface area contributed by atoms with Crippen molar-refractivity contribution in [2.45, 2.75) is 13.3 Å². The Bertz CT molecular complexity index is 474. The van der Waals surface area contributed by atoms with Gasteiger partial charge in [-0.25, -0.2) is 4.79 Å². The lowest BCUT2D eigenvalue weighted by Gasteiger charge is -2.04. The fraction of sp³-hybridized carbons (Fsp3) is 0.308. The van der Waals surface area contributed by atoms with Crippen LogP contribution in [0.1, 0.15) is 18.9 Å². The highest BCUT2D eigenvalue weighted by atomic mass is 79.9. The lowest BCUT2D eigenvalue weighted by Crippen LogP contribution is -2.41. The number of rotatable bonds is 6. The summed E-state index contributed by atoms with van der Waals surface area (Å²) in [4.78, 5) is 27.3. The fourth-order valence-corrected chi connectivity index (χ4v) is 1.45. The first-order chi connectivity index (χ1) is 9.61. The Labute approximate surface area is 125 Å². The van der Waals surface area contributed by atoms with Crippen molar-refractivity contribution in [3.63, 3.8) is 0 Å². The molecule has 0 aromatic heterocycles. The molecule has 0 aliphatic heterocycles. The smallest absolute Gasteiger partial charge is 0.321 e. The van der Waals surface area contributed by atoms with Crippen molar-refractivity contribution < 1.29 is 14.4 Å². The summed E-state index contributed by atoms with van der Waals surface area (Å²) in [6, 6.07) is 6.89. The number of nitrogens with zero attached hydrogens (tertiary/aromatic N) is 1. The van der Waals surface area contributed by atoms with Crippen LogP contribution in [0.4, 0.5) is 4.79 Å². The van der Waals surface area contributed by atoms with Crippen LogP contribution >= 0.6 is 15.9 Å². The maximum atomic E-state index is 11.3. The summed E-state index contributed by atoms with van der Waals surface area (Å²) in [6.07, 6.45) is 2.28. The number of benzene rings is 1. The Morgan fingerprint density at radius 2 is 2.05 bits per heavy atom. The molecule has 1 aromatic carbocycles. The van der Waals surface area contributed by atoms with Gasteiger partial charge in [-0.1, -0.05) is 40.1 Å². The molecule has 2 N–H and O–H groups in total. The highest BCUT2D eigenvalue weighted by Gasteiger charge is 2.06. The van der Waals surface area contributed by atoms with Crippen molar-refractivity contribution >= 4 is 34.1 Å². The van der Waals surface area contributed by atoms with E-state index in [1.54, 1.807) is 0 Å². The predicted molar refractivity (Wildman–Crippen MR) is 79.5 cm³/mol. The summed E-state index contributed by atoms with van der Waals surface area (Å²) in [6.45, 7) is 2.12. The second-order valence-corrected chi connectivity index (χ2v) is 4.78. The van der Waals surface area contributed by atoms with E-state index in [0.29, 0.717) is 6.54 Å². The summed E-state index contributed by atoms with van der Waals surface area (Å²) < 4.78 is 0.966. The third-order valence-corrected chi connectivity index (χ3v) is 2.66. The van der Waals surface area contributed by atoms with E-state index in [2.05, 4.69) is 31.7 Å². The molecule has 1 aromatic rings. The van der Waals surface area contributed by atoms with Crippen molar-refractivity contribution in [3.05, 3.63) is 34.3 Å². The van der Waals surface area contributed by atoms with E-state index < -0.39 is 11.9 Å². The highest BCUT2D eigenvalue weighted by Crippen LogP contribution is 2.08. The largest absolute Gasteiger partial charge is 0.386 e. The number of halogens is 1. The molecule has 0 aliphatic carbocycles. The fourth-order valence-electron chi connectivity index (χ4n) is 1.19. The number of nitrogens with one attached hydrogen (secondary N) is 2. The Kier molecular flexibility index (Phi) is 7.34. The van der Waals surface area contributed by atoms with Gasteiger partial charge >= 0.3 is 6.03 Å². The van der Waals surface area contributed by atoms with E-state index in [1.807, 2.05) is 31.2 Å². The lowest BCUT2D eigenvalue weighted by molar-refractivity contribution is -0.124. The first kappa shape index (κ1) is 16.2. The molecule has 0 spiro atoms. The van der Waals surface area contributed by atoms with Crippen molar-refractivity contribution in [3.8, 4) is 0 Å². The standard InChI is InChI=1S/C13H16BrN3O3/c1-2-7-15-13(19)17-12(18)9-20-16-8-10-3-5-11(14)6-4-10/h3-6,8H,2,7,9H2,1H3,(H2,15,17,18,19)/b16-8-. The molecule has 20 heavy (non-hydrogen) atoms. The number of hydrogen-bond acceptors (Lipinski definition) is 4. The monoisotopic (exact) mass is 341 g/mol. The van der Waals surface area contributed by atoms with Gasteiger partial charge in [-0.3, -0.25) is 10.1 Å². The quantitative estimate of drug-likeness (QED) is 0.613. The van der Waals surface area contributed by atoms with Crippen LogP contribution in [0.3, 0.4) is 0 Å². The molecule has 0 bridgehead atoms. The molecule has 1 rings (SSSR count). The molecule has 0 heterocycles. The molecule has 7 heteroatoms. The molecule has 0 saturated carbocycles. The predicted octanol–water partition coefficient (Wildman–Crippen LogP) is 2.04. The topological polar surface area (TPSA) is 79.8 Å². The van der Waals surface area contributed by atoms with Gasteiger partial charge in [0, 0.05) is 11.0 Å². The maximum Gasteiger partial charge on any atom is 0.321 e. The zero-order valence-corrected chi connectivity index (χ0v) is 12.6. The molecule has 0 atom stereocenters. The summed E-state index contributed by atoms with van der Waals surface area (Å²) in [5.74, 6) is -0.549. The highest BCUT2D eigenvalue weighted by molar-refractivity contribution is 9.10. The van der Waals surface area contributed by atoms with E-state index in [0.717, 1.165) is 16.5 Å². The van der Waals surface area contributed by atoms with Gasteiger partial charge in [-0.15, -0.1) is 0 Å². The number of carbonyl (C=O) groups excluding carboxylic acids is 2.